The summed E-state index contributed by atoms with van der Waals surface area (Å²) in [5.74, 6) is 4.46. The third-order valence-corrected chi connectivity index (χ3v) is 5.60. The number of carbonyl (C=O) groups is 1. The summed E-state index contributed by atoms with van der Waals surface area (Å²) in [4.78, 5) is 13.7. The maximum Gasteiger partial charge on any atom is 0.252 e. The minimum Gasteiger partial charge on any atom is -0.379 e. The standard InChI is InChI=1S/C12H25N3O4S/c1-2-4-11(12(16)14-13)20(17,18)10-3-5-15-6-8-19-9-7-15/h11H,2-10,13H2,1H3,(H,14,16). The van der Waals surface area contributed by atoms with Crippen molar-refractivity contribution < 1.29 is 17.9 Å². The van der Waals surface area contributed by atoms with Gasteiger partial charge in [0.05, 0.1) is 19.0 Å². The van der Waals surface area contributed by atoms with Crippen molar-refractivity contribution in [2.75, 3.05) is 38.6 Å². The number of hydrogen-bond donors (Lipinski definition) is 2. The number of nitrogens with zero attached hydrogens (tertiary/aromatic N) is 1. The Labute approximate surface area is 120 Å². The molecule has 1 rings (SSSR count). The molecule has 0 aromatic heterocycles. The van der Waals surface area contributed by atoms with Crippen LogP contribution in [0.4, 0.5) is 0 Å². The summed E-state index contributed by atoms with van der Waals surface area (Å²) in [7, 11) is -3.45. The molecule has 7 nitrogen and oxygen atoms in total. The van der Waals surface area contributed by atoms with E-state index in [1.54, 1.807) is 0 Å². The van der Waals surface area contributed by atoms with Crippen LogP contribution in [0.1, 0.15) is 26.2 Å². The Morgan fingerprint density at radius 2 is 2.05 bits per heavy atom. The fraction of sp³-hybridized carbons (Fsp3) is 0.917. The van der Waals surface area contributed by atoms with Gasteiger partial charge in [-0.25, -0.2) is 14.3 Å². The van der Waals surface area contributed by atoms with E-state index in [0.717, 1.165) is 13.1 Å². The van der Waals surface area contributed by atoms with Gasteiger partial charge >= 0.3 is 0 Å². The van der Waals surface area contributed by atoms with Crippen molar-refractivity contribution in [3.05, 3.63) is 0 Å². The van der Waals surface area contributed by atoms with E-state index in [1.807, 2.05) is 12.3 Å². The van der Waals surface area contributed by atoms with Crippen molar-refractivity contribution in [1.29, 1.82) is 0 Å². The molecule has 0 spiro atoms. The normalized spacial score (nSPS) is 18.7. The van der Waals surface area contributed by atoms with E-state index in [2.05, 4.69) is 4.90 Å². The highest BCUT2D eigenvalue weighted by Crippen LogP contribution is 2.12. The number of carbonyl (C=O) groups excluding carboxylic acids is 1. The molecule has 1 aliphatic heterocycles. The number of hydrazine groups is 1. The van der Waals surface area contributed by atoms with Crippen LogP contribution in [0.25, 0.3) is 0 Å². The van der Waals surface area contributed by atoms with Gasteiger partial charge in [0, 0.05) is 13.1 Å². The van der Waals surface area contributed by atoms with E-state index in [1.165, 1.54) is 0 Å². The maximum absolute atomic E-state index is 12.2. The smallest absolute Gasteiger partial charge is 0.252 e. The predicted molar refractivity (Wildman–Crippen MR) is 76.7 cm³/mol. The van der Waals surface area contributed by atoms with Crippen molar-refractivity contribution in [2.24, 2.45) is 5.84 Å². The number of ether oxygens (including phenoxy) is 1. The van der Waals surface area contributed by atoms with E-state index < -0.39 is 21.0 Å². The zero-order chi connectivity index (χ0) is 15.0. The topological polar surface area (TPSA) is 102 Å². The van der Waals surface area contributed by atoms with Crippen LogP contribution in [0.3, 0.4) is 0 Å². The number of rotatable bonds is 8. The Balaban J connectivity index is 2.47. The molecule has 0 aliphatic carbocycles. The summed E-state index contributed by atoms with van der Waals surface area (Å²) in [6.07, 6.45) is 1.46. The van der Waals surface area contributed by atoms with Crippen LogP contribution in [-0.4, -0.2) is 63.1 Å². The molecule has 8 heteroatoms. The molecule has 1 amide bonds. The van der Waals surface area contributed by atoms with Crippen molar-refractivity contribution in [3.8, 4) is 0 Å². The fourth-order valence-electron chi connectivity index (χ4n) is 2.29. The monoisotopic (exact) mass is 307 g/mol. The molecule has 1 atom stereocenters. The first-order valence-electron chi connectivity index (χ1n) is 7.03. The molecular weight excluding hydrogens is 282 g/mol. The number of amides is 1. The minimum absolute atomic E-state index is 0.0163. The zero-order valence-corrected chi connectivity index (χ0v) is 12.8. The Morgan fingerprint density at radius 1 is 1.40 bits per heavy atom. The average Bonchev–Trinajstić information content (AvgIpc) is 2.44. The number of morpholine rings is 1. The van der Waals surface area contributed by atoms with Crippen LogP contribution in [0, 0.1) is 0 Å². The third-order valence-electron chi connectivity index (χ3n) is 3.43. The Bertz CT molecular complexity index is 394. The summed E-state index contributed by atoms with van der Waals surface area (Å²) >= 11 is 0. The van der Waals surface area contributed by atoms with E-state index in [-0.39, 0.29) is 5.75 Å². The number of nitrogens with two attached hydrogens (primary N) is 1. The molecule has 0 aromatic carbocycles. The van der Waals surface area contributed by atoms with Gasteiger partial charge in [-0.05, 0) is 19.4 Å². The van der Waals surface area contributed by atoms with Gasteiger partial charge in [0.1, 0.15) is 5.25 Å². The molecule has 1 heterocycles. The quantitative estimate of drug-likeness (QED) is 0.349. The SMILES string of the molecule is CCCC(C(=O)NN)S(=O)(=O)CCCN1CCOCC1. The average molecular weight is 307 g/mol. The molecule has 0 radical (unpaired) electrons. The van der Waals surface area contributed by atoms with Crippen LogP contribution >= 0.6 is 0 Å². The number of sulfone groups is 1. The van der Waals surface area contributed by atoms with Crippen LogP contribution in [0.5, 0.6) is 0 Å². The second-order valence-electron chi connectivity index (χ2n) is 4.96. The lowest BCUT2D eigenvalue weighted by atomic mass is 10.2. The minimum atomic E-state index is -3.45. The van der Waals surface area contributed by atoms with Gasteiger partial charge in [0.2, 0.25) is 0 Å². The second kappa shape index (κ2) is 8.56. The van der Waals surface area contributed by atoms with Crippen molar-refractivity contribution in [1.82, 2.24) is 10.3 Å². The van der Waals surface area contributed by atoms with Crippen LogP contribution in [-0.2, 0) is 19.4 Å². The van der Waals surface area contributed by atoms with E-state index in [9.17, 15) is 13.2 Å². The molecule has 0 saturated carbocycles. The molecule has 1 aliphatic rings. The highest BCUT2D eigenvalue weighted by Gasteiger charge is 2.30. The molecule has 1 fully saturated rings. The van der Waals surface area contributed by atoms with E-state index >= 15 is 0 Å². The molecule has 1 unspecified atom stereocenters. The lowest BCUT2D eigenvalue weighted by Gasteiger charge is -2.26. The fourth-order valence-corrected chi connectivity index (χ4v) is 4.09. The largest absolute Gasteiger partial charge is 0.379 e. The number of nitrogens with one attached hydrogen (secondary N) is 1. The lowest BCUT2D eigenvalue weighted by molar-refractivity contribution is -0.120. The van der Waals surface area contributed by atoms with Crippen LogP contribution < -0.4 is 11.3 Å². The van der Waals surface area contributed by atoms with Gasteiger partial charge in [-0.3, -0.25) is 15.1 Å². The summed E-state index contributed by atoms with van der Waals surface area (Å²) < 4.78 is 29.6. The summed E-state index contributed by atoms with van der Waals surface area (Å²) in [5.41, 5.74) is 1.95. The molecule has 3 N–H and O–H groups in total. The van der Waals surface area contributed by atoms with Crippen LogP contribution in [0.15, 0.2) is 0 Å². The Kier molecular flexibility index (Phi) is 7.42. The molecule has 1 saturated heterocycles. The van der Waals surface area contributed by atoms with Crippen molar-refractivity contribution >= 4 is 15.7 Å². The van der Waals surface area contributed by atoms with Gasteiger partial charge in [-0.1, -0.05) is 13.3 Å². The number of hydrogen-bond acceptors (Lipinski definition) is 6. The summed E-state index contributed by atoms with van der Waals surface area (Å²) in [6, 6.07) is 0. The molecular formula is C12H25N3O4S. The molecule has 118 valence electrons. The van der Waals surface area contributed by atoms with Gasteiger partial charge in [0.15, 0.2) is 9.84 Å². The first-order chi connectivity index (χ1) is 9.51. The van der Waals surface area contributed by atoms with Gasteiger partial charge in [0.25, 0.3) is 5.91 Å². The Morgan fingerprint density at radius 3 is 2.60 bits per heavy atom. The van der Waals surface area contributed by atoms with Crippen molar-refractivity contribution in [3.63, 3.8) is 0 Å². The van der Waals surface area contributed by atoms with Gasteiger partial charge in [-0.15, -0.1) is 0 Å². The zero-order valence-electron chi connectivity index (χ0n) is 12.0. The second-order valence-corrected chi connectivity index (χ2v) is 7.26. The first-order valence-corrected chi connectivity index (χ1v) is 8.75. The van der Waals surface area contributed by atoms with Crippen LogP contribution in [0.2, 0.25) is 0 Å². The maximum atomic E-state index is 12.2. The van der Waals surface area contributed by atoms with Gasteiger partial charge in [-0.2, -0.15) is 0 Å². The van der Waals surface area contributed by atoms with Gasteiger partial charge < -0.3 is 4.74 Å². The van der Waals surface area contributed by atoms with E-state index in [4.69, 9.17) is 10.6 Å². The Hall–Kier alpha value is -0.700. The highest BCUT2D eigenvalue weighted by molar-refractivity contribution is 7.92. The summed E-state index contributed by atoms with van der Waals surface area (Å²) in [5, 5.41) is -1.03. The lowest BCUT2D eigenvalue weighted by Crippen LogP contribution is -2.44. The third kappa shape index (κ3) is 5.35. The summed E-state index contributed by atoms with van der Waals surface area (Å²) in [6.45, 7) is 5.62. The first kappa shape index (κ1) is 17.4. The highest BCUT2D eigenvalue weighted by atomic mass is 32.2. The van der Waals surface area contributed by atoms with Crippen molar-refractivity contribution in [2.45, 2.75) is 31.4 Å². The van der Waals surface area contributed by atoms with E-state index in [0.29, 0.717) is 39.0 Å². The molecule has 20 heavy (non-hydrogen) atoms. The molecule has 0 aromatic rings. The molecule has 0 bridgehead atoms. The predicted octanol–water partition coefficient (Wildman–Crippen LogP) is -0.718.